The molecule has 2 unspecified atom stereocenters. The number of hydrogen-bond donors (Lipinski definition) is 1. The number of hydrogen-bond acceptors (Lipinski definition) is 3. The molecule has 41 heavy (non-hydrogen) atoms. The molecule has 0 fully saturated rings. The molecule has 0 amide bonds. The fourth-order valence-corrected chi connectivity index (χ4v) is 6.86. The largest absolute Gasteiger partial charge is 0.613 e. The van der Waals surface area contributed by atoms with Gasteiger partial charge in [-0.3, -0.25) is 4.99 Å². The molecule has 1 aliphatic rings. The number of nitrogens with one attached hydrogen (secondary N) is 1. The molecule has 8 rings (SSSR count). The minimum Gasteiger partial charge on any atom is -0.613 e. The second kappa shape index (κ2) is 10.0. The molecule has 0 saturated carbocycles. The standard InChI is InChI=1S/C37H26N3S/c1-2-8-24(9-3-1)26-14-17-27(18-15-26)35-38-36(29-19-16-25-10-4-5-11-28(25)22-29)40-37(39-35)30-20-21-32-31-12-6-7-13-33(31)41-34(32)23-30/h1-23,35-36H,(H,39,40)/q-1. The zero-order chi connectivity index (χ0) is 27.2. The van der Waals surface area contributed by atoms with Crippen LogP contribution in [0.4, 0.5) is 0 Å². The highest BCUT2D eigenvalue weighted by Gasteiger charge is 2.18. The van der Waals surface area contributed by atoms with Crippen molar-refractivity contribution >= 4 is 48.1 Å². The Balaban J connectivity index is 1.20. The van der Waals surface area contributed by atoms with Crippen molar-refractivity contribution in [2.45, 2.75) is 12.3 Å². The number of rotatable bonds is 4. The van der Waals surface area contributed by atoms with Crippen LogP contribution < -0.4 is 5.32 Å². The maximum Gasteiger partial charge on any atom is 0.126 e. The lowest BCUT2D eigenvalue weighted by Gasteiger charge is -2.44. The van der Waals surface area contributed by atoms with Gasteiger partial charge in [0.2, 0.25) is 0 Å². The van der Waals surface area contributed by atoms with E-state index in [-0.39, 0.29) is 12.3 Å². The molecule has 1 N–H and O–H groups in total. The molecule has 0 aliphatic carbocycles. The van der Waals surface area contributed by atoms with E-state index in [4.69, 9.17) is 10.3 Å². The van der Waals surface area contributed by atoms with Crippen LogP contribution in [-0.4, -0.2) is 5.84 Å². The van der Waals surface area contributed by atoms with Gasteiger partial charge in [-0.1, -0.05) is 127 Å². The molecule has 0 saturated heterocycles. The first kappa shape index (κ1) is 24.1. The van der Waals surface area contributed by atoms with E-state index in [2.05, 4.69) is 139 Å². The second-order valence-electron chi connectivity index (χ2n) is 10.5. The van der Waals surface area contributed by atoms with E-state index in [1.54, 1.807) is 0 Å². The van der Waals surface area contributed by atoms with Crippen molar-refractivity contribution in [2.75, 3.05) is 0 Å². The number of thiophene rings is 1. The highest BCUT2D eigenvalue weighted by Crippen LogP contribution is 2.39. The average Bonchev–Trinajstić information content (AvgIpc) is 3.43. The van der Waals surface area contributed by atoms with E-state index in [0.717, 1.165) is 22.5 Å². The van der Waals surface area contributed by atoms with Crippen molar-refractivity contribution in [3.05, 3.63) is 162 Å². The predicted molar refractivity (Wildman–Crippen MR) is 174 cm³/mol. The number of nitrogens with zero attached hydrogens (tertiary/aromatic N) is 2. The van der Waals surface area contributed by atoms with E-state index < -0.39 is 0 Å². The maximum atomic E-state index is 5.21. The smallest absolute Gasteiger partial charge is 0.126 e. The van der Waals surface area contributed by atoms with E-state index in [0.29, 0.717) is 0 Å². The SMILES string of the molecule is c1ccc(-c2ccc(C3[N-]C(c4ccc5ccccc5c4)N=C(c4ccc5c(c4)sc4ccccc45)N3)cc2)cc1. The molecule has 2 atom stereocenters. The highest BCUT2D eigenvalue weighted by molar-refractivity contribution is 7.25. The van der Waals surface area contributed by atoms with Crippen molar-refractivity contribution in [1.82, 2.24) is 5.32 Å². The molecule has 1 aromatic heterocycles. The van der Waals surface area contributed by atoms with Gasteiger partial charge in [0.05, 0.1) is 0 Å². The molecule has 2 heterocycles. The third-order valence-electron chi connectivity index (χ3n) is 7.87. The van der Waals surface area contributed by atoms with Crippen molar-refractivity contribution in [3.8, 4) is 11.1 Å². The van der Waals surface area contributed by atoms with Crippen molar-refractivity contribution in [1.29, 1.82) is 0 Å². The summed E-state index contributed by atoms with van der Waals surface area (Å²) < 4.78 is 2.57. The summed E-state index contributed by atoms with van der Waals surface area (Å²) in [4.78, 5) is 5.17. The minimum atomic E-state index is -0.312. The average molecular weight is 545 g/mol. The lowest BCUT2D eigenvalue weighted by molar-refractivity contribution is 0.631. The molecule has 196 valence electrons. The molecule has 3 nitrogen and oxygen atoms in total. The summed E-state index contributed by atoms with van der Waals surface area (Å²) in [6.45, 7) is 0. The molecule has 6 aromatic carbocycles. The van der Waals surface area contributed by atoms with Gasteiger partial charge in [-0.25, -0.2) is 0 Å². The molecular weight excluding hydrogens is 518 g/mol. The highest BCUT2D eigenvalue weighted by atomic mass is 32.1. The monoisotopic (exact) mass is 544 g/mol. The Morgan fingerprint density at radius 3 is 2.10 bits per heavy atom. The maximum absolute atomic E-state index is 5.21. The number of aliphatic imine (C=N–C) groups is 1. The first-order chi connectivity index (χ1) is 20.3. The molecule has 0 radical (unpaired) electrons. The molecule has 0 spiro atoms. The van der Waals surface area contributed by atoms with Crippen LogP contribution in [0.3, 0.4) is 0 Å². The van der Waals surface area contributed by atoms with Crippen molar-refractivity contribution < 1.29 is 0 Å². The summed E-state index contributed by atoms with van der Waals surface area (Å²) >= 11 is 1.83. The van der Waals surface area contributed by atoms with Gasteiger partial charge in [-0.05, 0) is 57.5 Å². The quantitative estimate of drug-likeness (QED) is 0.235. The van der Waals surface area contributed by atoms with Crippen LogP contribution in [-0.2, 0) is 0 Å². The third-order valence-corrected chi connectivity index (χ3v) is 9.01. The van der Waals surface area contributed by atoms with Gasteiger partial charge < -0.3 is 10.6 Å². The number of fused-ring (bicyclic) bond motifs is 4. The summed E-state index contributed by atoms with van der Waals surface area (Å²) in [5, 5.41) is 13.9. The predicted octanol–water partition coefficient (Wildman–Crippen LogP) is 10.00. The first-order valence-electron chi connectivity index (χ1n) is 13.9. The Kier molecular flexibility index (Phi) is 5.87. The van der Waals surface area contributed by atoms with Gasteiger partial charge in [0.15, 0.2) is 0 Å². The van der Waals surface area contributed by atoms with Crippen LogP contribution in [0, 0.1) is 0 Å². The molecule has 4 heteroatoms. The van der Waals surface area contributed by atoms with E-state index in [1.165, 1.54) is 42.1 Å². The fraction of sp³-hybridized carbons (Fsp3) is 0.0541. The number of benzene rings is 6. The Labute approximate surface area is 242 Å². The fourth-order valence-electron chi connectivity index (χ4n) is 5.72. The lowest BCUT2D eigenvalue weighted by Crippen LogP contribution is -2.34. The van der Waals surface area contributed by atoms with Crippen LogP contribution >= 0.6 is 11.3 Å². The first-order valence-corrected chi connectivity index (χ1v) is 14.7. The van der Waals surface area contributed by atoms with Gasteiger partial charge in [0.25, 0.3) is 0 Å². The lowest BCUT2D eigenvalue weighted by atomic mass is 10.0. The topological polar surface area (TPSA) is 38.5 Å². The van der Waals surface area contributed by atoms with Crippen LogP contribution in [0.2, 0.25) is 0 Å². The van der Waals surface area contributed by atoms with E-state index in [1.807, 2.05) is 17.4 Å². The van der Waals surface area contributed by atoms with Crippen LogP contribution in [0.5, 0.6) is 0 Å². The molecular formula is C37H26N3S-. The summed E-state index contributed by atoms with van der Waals surface area (Å²) in [5.74, 6) is 0.870. The summed E-state index contributed by atoms with van der Waals surface area (Å²) in [6, 6.07) is 49.5. The van der Waals surface area contributed by atoms with Gasteiger partial charge in [-0.2, -0.15) is 0 Å². The zero-order valence-electron chi connectivity index (χ0n) is 22.2. The van der Waals surface area contributed by atoms with Crippen molar-refractivity contribution in [3.63, 3.8) is 0 Å². The Bertz CT molecular complexity index is 2060. The van der Waals surface area contributed by atoms with Gasteiger partial charge >= 0.3 is 0 Å². The second-order valence-corrected chi connectivity index (χ2v) is 11.5. The number of amidine groups is 1. The van der Waals surface area contributed by atoms with E-state index in [9.17, 15) is 0 Å². The Hall–Kier alpha value is -4.77. The molecule has 7 aromatic rings. The Morgan fingerprint density at radius 2 is 1.22 bits per heavy atom. The van der Waals surface area contributed by atoms with Crippen LogP contribution in [0.15, 0.2) is 145 Å². The third kappa shape index (κ3) is 4.48. The molecule has 1 aliphatic heterocycles. The van der Waals surface area contributed by atoms with Gasteiger partial charge in [0, 0.05) is 25.7 Å². The summed E-state index contributed by atoms with van der Waals surface area (Å²) in [6.07, 6.45) is -0.533. The van der Waals surface area contributed by atoms with Crippen molar-refractivity contribution in [2.24, 2.45) is 4.99 Å². The minimum absolute atomic E-state index is 0.220. The zero-order valence-corrected chi connectivity index (χ0v) is 23.1. The van der Waals surface area contributed by atoms with E-state index >= 15 is 0 Å². The Morgan fingerprint density at radius 1 is 0.537 bits per heavy atom. The van der Waals surface area contributed by atoms with Crippen LogP contribution in [0.1, 0.15) is 29.0 Å². The normalized spacial score (nSPS) is 17.0. The van der Waals surface area contributed by atoms with Gasteiger partial charge in [-0.15, -0.1) is 11.3 Å². The summed E-state index contributed by atoms with van der Waals surface area (Å²) in [5.41, 5.74) is 5.69. The molecule has 0 bridgehead atoms. The van der Waals surface area contributed by atoms with Gasteiger partial charge in [0.1, 0.15) is 5.84 Å². The summed E-state index contributed by atoms with van der Waals surface area (Å²) in [7, 11) is 0. The van der Waals surface area contributed by atoms with Crippen LogP contribution in [0.25, 0.3) is 47.4 Å².